The van der Waals surface area contributed by atoms with E-state index in [0.29, 0.717) is 38.2 Å². The number of hydrogen-bond donors (Lipinski definition) is 2. The van der Waals surface area contributed by atoms with Crippen molar-refractivity contribution in [1.82, 2.24) is 19.8 Å². The summed E-state index contributed by atoms with van der Waals surface area (Å²) in [5, 5.41) is 5.96. The molecule has 5 rings (SSSR count). The van der Waals surface area contributed by atoms with E-state index in [1.807, 2.05) is 6.07 Å². The molecule has 0 radical (unpaired) electrons. The number of alkyl halides is 3. The molecule has 0 aliphatic carbocycles. The Morgan fingerprint density at radius 2 is 1.95 bits per heavy atom. The van der Waals surface area contributed by atoms with E-state index in [1.54, 1.807) is 4.90 Å². The van der Waals surface area contributed by atoms with Gasteiger partial charge in [-0.05, 0) is 62.9 Å². The summed E-state index contributed by atoms with van der Waals surface area (Å²) < 4.78 is 46.4. The third kappa shape index (κ3) is 6.43. The first-order valence-corrected chi connectivity index (χ1v) is 14.1. The van der Waals surface area contributed by atoms with Gasteiger partial charge in [-0.15, -0.1) is 0 Å². The highest BCUT2D eigenvalue weighted by Gasteiger charge is 2.38. The van der Waals surface area contributed by atoms with Crippen molar-refractivity contribution < 1.29 is 22.7 Å². The first-order valence-electron chi connectivity index (χ1n) is 14.1. The molecular formula is C28H38F3N7O2. The second-order valence-corrected chi connectivity index (χ2v) is 10.8. The molecule has 2 atom stereocenters. The van der Waals surface area contributed by atoms with Crippen LogP contribution in [-0.4, -0.2) is 90.7 Å². The van der Waals surface area contributed by atoms with Crippen molar-refractivity contribution in [2.24, 2.45) is 0 Å². The van der Waals surface area contributed by atoms with Crippen LogP contribution in [-0.2, 0) is 22.1 Å². The lowest BCUT2D eigenvalue weighted by atomic mass is 10.1. The highest BCUT2D eigenvalue weighted by molar-refractivity contribution is 5.77. The van der Waals surface area contributed by atoms with Gasteiger partial charge < -0.3 is 25.2 Å². The lowest BCUT2D eigenvalue weighted by Gasteiger charge is -2.40. The Morgan fingerprint density at radius 3 is 2.67 bits per heavy atom. The van der Waals surface area contributed by atoms with E-state index in [2.05, 4.69) is 56.5 Å². The summed E-state index contributed by atoms with van der Waals surface area (Å²) in [4.78, 5) is 26.9. The maximum atomic E-state index is 13.7. The van der Waals surface area contributed by atoms with Crippen molar-refractivity contribution in [2.75, 3.05) is 68.5 Å². The van der Waals surface area contributed by atoms with Gasteiger partial charge in [0.2, 0.25) is 11.9 Å². The van der Waals surface area contributed by atoms with Gasteiger partial charge in [-0.1, -0.05) is 6.92 Å². The number of benzene rings is 1. The smallest absolute Gasteiger partial charge is 0.372 e. The molecule has 12 heteroatoms. The van der Waals surface area contributed by atoms with Crippen LogP contribution in [0.5, 0.6) is 0 Å². The molecule has 2 bridgehead atoms. The number of fused-ring (bicyclic) bond motifs is 2. The van der Waals surface area contributed by atoms with Gasteiger partial charge in [0.1, 0.15) is 18.0 Å². The van der Waals surface area contributed by atoms with E-state index in [9.17, 15) is 18.0 Å². The predicted octanol–water partition coefficient (Wildman–Crippen LogP) is 4.14. The standard InChI is InChI=1S/C28H38F3N7O2/c1-3-19-14-20(38-16-21-6-7-22(17-38)36(21)2)8-9-24(19)34-27-33-15-23(28(29,30)31)26(35-27)32-10-4-11-37-12-5-13-40-18-25(37)39/h8-9,14-15,21-22H,3-7,10-13,16-18H2,1-2H3,(H2,32,33,34,35)/t21-,22+. The summed E-state index contributed by atoms with van der Waals surface area (Å²) >= 11 is 0. The number of aromatic nitrogens is 2. The normalized spacial score (nSPS) is 22.0. The minimum absolute atomic E-state index is 0.0454. The number of aryl methyl sites for hydroxylation is 1. The van der Waals surface area contributed by atoms with Crippen LogP contribution in [0.2, 0.25) is 0 Å². The minimum atomic E-state index is -4.60. The molecule has 2 aromatic rings. The largest absolute Gasteiger partial charge is 0.421 e. The number of piperazine rings is 1. The fourth-order valence-corrected chi connectivity index (χ4v) is 5.87. The minimum Gasteiger partial charge on any atom is -0.372 e. The first-order chi connectivity index (χ1) is 19.2. The van der Waals surface area contributed by atoms with Gasteiger partial charge in [0.15, 0.2) is 0 Å². The van der Waals surface area contributed by atoms with E-state index in [-0.39, 0.29) is 30.8 Å². The molecule has 218 valence electrons. The van der Waals surface area contributed by atoms with E-state index in [1.165, 1.54) is 12.8 Å². The lowest BCUT2D eigenvalue weighted by molar-refractivity contribution is -0.137. The average Bonchev–Trinajstić information content (AvgIpc) is 3.09. The third-order valence-corrected chi connectivity index (χ3v) is 8.22. The number of nitrogens with one attached hydrogen (secondary N) is 2. The third-order valence-electron chi connectivity index (χ3n) is 8.22. The number of ether oxygens (including phenoxy) is 1. The molecule has 0 spiro atoms. The van der Waals surface area contributed by atoms with Crippen molar-refractivity contribution in [3.8, 4) is 0 Å². The fraction of sp³-hybridized carbons (Fsp3) is 0.607. The molecule has 9 nitrogen and oxygen atoms in total. The van der Waals surface area contributed by atoms with Gasteiger partial charge in [-0.25, -0.2) is 4.98 Å². The van der Waals surface area contributed by atoms with E-state index >= 15 is 0 Å². The number of amides is 1. The molecule has 1 amide bonds. The van der Waals surface area contributed by atoms with Crippen LogP contribution in [0.25, 0.3) is 0 Å². The van der Waals surface area contributed by atoms with Crippen molar-refractivity contribution >= 4 is 29.0 Å². The van der Waals surface area contributed by atoms with Gasteiger partial charge in [0, 0.05) is 69.0 Å². The summed E-state index contributed by atoms with van der Waals surface area (Å²) in [6.07, 6.45) is 0.643. The average molecular weight is 562 g/mol. The van der Waals surface area contributed by atoms with Gasteiger partial charge >= 0.3 is 6.18 Å². The van der Waals surface area contributed by atoms with Crippen LogP contribution in [0.1, 0.15) is 43.7 Å². The quantitative estimate of drug-likeness (QED) is 0.442. The van der Waals surface area contributed by atoms with Gasteiger partial charge in [0.25, 0.3) is 0 Å². The zero-order valence-corrected chi connectivity index (χ0v) is 23.1. The molecule has 4 heterocycles. The number of carbonyl (C=O) groups is 1. The lowest BCUT2D eigenvalue weighted by Crippen LogP contribution is -2.52. The topological polar surface area (TPSA) is 85.9 Å². The Morgan fingerprint density at radius 1 is 1.18 bits per heavy atom. The maximum Gasteiger partial charge on any atom is 0.421 e. The van der Waals surface area contributed by atoms with Crippen molar-refractivity contribution in [3.05, 3.63) is 35.5 Å². The first kappa shape index (κ1) is 28.4. The highest BCUT2D eigenvalue weighted by atomic mass is 19.4. The molecule has 3 saturated heterocycles. The van der Waals surface area contributed by atoms with Crippen molar-refractivity contribution in [2.45, 2.75) is 57.3 Å². The van der Waals surface area contributed by atoms with E-state index in [0.717, 1.165) is 49.1 Å². The fourth-order valence-electron chi connectivity index (χ4n) is 5.87. The van der Waals surface area contributed by atoms with Crippen LogP contribution in [0, 0.1) is 0 Å². The number of likely N-dealkylation sites (N-methyl/N-ethyl adjacent to an activating group) is 1. The number of halogens is 3. The van der Waals surface area contributed by atoms with Gasteiger partial charge in [0.05, 0.1) is 0 Å². The second kappa shape index (κ2) is 12.2. The molecule has 3 aliphatic heterocycles. The Labute approximate surface area is 233 Å². The zero-order chi connectivity index (χ0) is 28.3. The van der Waals surface area contributed by atoms with Crippen molar-refractivity contribution in [1.29, 1.82) is 0 Å². The molecule has 3 fully saturated rings. The predicted molar refractivity (Wildman–Crippen MR) is 148 cm³/mol. The summed E-state index contributed by atoms with van der Waals surface area (Å²) in [5.41, 5.74) is 2.06. The summed E-state index contributed by atoms with van der Waals surface area (Å²) in [7, 11) is 2.21. The SMILES string of the molecule is CCc1cc(N2C[C@H]3CC[C@@H](C2)N3C)ccc1Nc1ncc(C(F)(F)F)c(NCCCN2CCCOCC2=O)n1. The van der Waals surface area contributed by atoms with E-state index in [4.69, 9.17) is 4.74 Å². The molecule has 3 aliphatic rings. The summed E-state index contributed by atoms with van der Waals surface area (Å²) in [5.74, 6) is -0.284. The number of nitrogens with zero attached hydrogens (tertiary/aromatic N) is 5. The van der Waals surface area contributed by atoms with E-state index < -0.39 is 11.7 Å². The molecule has 1 aromatic carbocycles. The number of carbonyl (C=O) groups excluding carboxylic acids is 1. The van der Waals surface area contributed by atoms with Crippen LogP contribution < -0.4 is 15.5 Å². The number of rotatable bonds is 9. The summed E-state index contributed by atoms with van der Waals surface area (Å²) in [6, 6.07) is 7.33. The zero-order valence-electron chi connectivity index (χ0n) is 23.1. The Kier molecular flexibility index (Phi) is 8.65. The Hall–Kier alpha value is -3.12. The van der Waals surface area contributed by atoms with Crippen LogP contribution in [0.3, 0.4) is 0 Å². The van der Waals surface area contributed by atoms with Crippen LogP contribution in [0.4, 0.5) is 36.3 Å². The van der Waals surface area contributed by atoms with Gasteiger partial charge in [-0.2, -0.15) is 18.2 Å². The Balaban J connectivity index is 1.26. The molecule has 1 aromatic heterocycles. The second-order valence-electron chi connectivity index (χ2n) is 10.8. The van der Waals surface area contributed by atoms with Gasteiger partial charge in [-0.3, -0.25) is 9.69 Å². The van der Waals surface area contributed by atoms with Crippen LogP contribution in [0.15, 0.2) is 24.4 Å². The molecule has 2 N–H and O–H groups in total. The monoisotopic (exact) mass is 561 g/mol. The number of hydrogen-bond acceptors (Lipinski definition) is 8. The Bertz CT molecular complexity index is 1180. The number of anilines is 4. The summed E-state index contributed by atoms with van der Waals surface area (Å²) in [6.45, 7) is 5.89. The molecular weight excluding hydrogens is 523 g/mol. The molecule has 0 saturated carbocycles. The van der Waals surface area contributed by atoms with Crippen molar-refractivity contribution in [3.63, 3.8) is 0 Å². The van der Waals surface area contributed by atoms with Crippen LogP contribution >= 0.6 is 0 Å². The molecule has 40 heavy (non-hydrogen) atoms. The molecule has 0 unspecified atom stereocenters. The maximum absolute atomic E-state index is 13.7. The highest BCUT2D eigenvalue weighted by Crippen LogP contribution is 2.35.